The van der Waals surface area contributed by atoms with Crippen LogP contribution in [0.15, 0.2) is 53.0 Å². The van der Waals surface area contributed by atoms with Crippen molar-refractivity contribution in [1.29, 1.82) is 0 Å². The summed E-state index contributed by atoms with van der Waals surface area (Å²) in [5.41, 5.74) is 2.50. The fourth-order valence-electron chi connectivity index (χ4n) is 2.46. The van der Waals surface area contributed by atoms with Crippen LogP contribution in [-0.4, -0.2) is 10.1 Å². The van der Waals surface area contributed by atoms with E-state index in [0.29, 0.717) is 5.56 Å². The second kappa shape index (κ2) is 5.54. The number of aliphatic hydroxyl groups is 1. The third-order valence-electron chi connectivity index (χ3n) is 3.42. The molecule has 0 aliphatic heterocycles. The van der Waals surface area contributed by atoms with Gasteiger partial charge in [-0.15, -0.1) is 0 Å². The van der Waals surface area contributed by atoms with Gasteiger partial charge in [-0.05, 0) is 42.8 Å². The van der Waals surface area contributed by atoms with Gasteiger partial charge in [-0.1, -0.05) is 34.1 Å². The van der Waals surface area contributed by atoms with Gasteiger partial charge in [0.05, 0.1) is 5.52 Å². The lowest BCUT2D eigenvalue weighted by atomic mass is 9.97. The smallest absolute Gasteiger partial charge is 0.129 e. The quantitative estimate of drug-likeness (QED) is 0.740. The number of fused-ring (bicyclic) bond motifs is 1. The molecule has 0 saturated heterocycles. The zero-order chi connectivity index (χ0) is 15.0. The lowest BCUT2D eigenvalue weighted by Gasteiger charge is -2.16. The van der Waals surface area contributed by atoms with E-state index >= 15 is 0 Å². The summed E-state index contributed by atoms with van der Waals surface area (Å²) in [6.45, 7) is 1.86. The molecule has 0 amide bonds. The van der Waals surface area contributed by atoms with E-state index in [9.17, 15) is 9.50 Å². The summed E-state index contributed by atoms with van der Waals surface area (Å²) >= 11 is 3.31. The molecule has 1 aromatic heterocycles. The number of rotatable bonds is 2. The fourth-order valence-corrected chi connectivity index (χ4v) is 2.84. The van der Waals surface area contributed by atoms with Crippen molar-refractivity contribution >= 4 is 26.8 Å². The van der Waals surface area contributed by atoms with Crippen LogP contribution in [-0.2, 0) is 0 Å². The Morgan fingerprint density at radius 1 is 1.10 bits per heavy atom. The van der Waals surface area contributed by atoms with Gasteiger partial charge in [-0.2, -0.15) is 0 Å². The number of hydrogen-bond donors (Lipinski definition) is 1. The van der Waals surface area contributed by atoms with Gasteiger partial charge < -0.3 is 5.11 Å². The topological polar surface area (TPSA) is 33.1 Å². The first-order valence-corrected chi connectivity index (χ1v) is 7.35. The average Bonchev–Trinajstić information content (AvgIpc) is 2.48. The molecule has 106 valence electrons. The molecule has 0 aliphatic rings. The summed E-state index contributed by atoms with van der Waals surface area (Å²) in [5.74, 6) is -0.427. The highest BCUT2D eigenvalue weighted by Gasteiger charge is 2.18. The van der Waals surface area contributed by atoms with E-state index in [2.05, 4.69) is 20.9 Å². The molecule has 1 heterocycles. The number of hydrogen-bond acceptors (Lipinski definition) is 2. The minimum Gasteiger partial charge on any atom is -0.384 e. The number of pyridine rings is 1. The van der Waals surface area contributed by atoms with Gasteiger partial charge in [0.2, 0.25) is 0 Å². The fraction of sp³-hybridized carbons (Fsp3) is 0.118. The molecule has 4 heteroatoms. The Morgan fingerprint density at radius 2 is 1.86 bits per heavy atom. The van der Waals surface area contributed by atoms with Gasteiger partial charge in [0.15, 0.2) is 0 Å². The molecule has 0 saturated carbocycles. The van der Waals surface area contributed by atoms with E-state index in [1.165, 1.54) is 6.07 Å². The first kappa shape index (κ1) is 14.2. The standard InChI is InChI=1S/C17H13BrFNO/c1-10-8-13(12-4-2-3-5-16(12)20-10)17(21)14-9-11(18)6-7-15(14)19/h2-9,17,21H,1H3. The number of nitrogens with zero attached hydrogens (tertiary/aromatic N) is 1. The first-order valence-electron chi connectivity index (χ1n) is 6.55. The van der Waals surface area contributed by atoms with Crippen LogP contribution >= 0.6 is 15.9 Å². The lowest BCUT2D eigenvalue weighted by Crippen LogP contribution is -2.05. The van der Waals surface area contributed by atoms with E-state index in [1.54, 1.807) is 18.2 Å². The van der Waals surface area contributed by atoms with Crippen LogP contribution in [0, 0.1) is 12.7 Å². The van der Waals surface area contributed by atoms with Gasteiger partial charge >= 0.3 is 0 Å². The highest BCUT2D eigenvalue weighted by Crippen LogP contribution is 2.31. The third kappa shape index (κ3) is 2.69. The van der Waals surface area contributed by atoms with Gasteiger partial charge in [-0.25, -0.2) is 4.39 Å². The third-order valence-corrected chi connectivity index (χ3v) is 3.92. The van der Waals surface area contributed by atoms with Crippen molar-refractivity contribution in [2.45, 2.75) is 13.0 Å². The van der Waals surface area contributed by atoms with Crippen LogP contribution < -0.4 is 0 Å². The van der Waals surface area contributed by atoms with E-state index in [0.717, 1.165) is 21.1 Å². The molecule has 2 aromatic carbocycles. The SMILES string of the molecule is Cc1cc(C(O)c2cc(Br)ccc2F)c2ccccc2n1. The van der Waals surface area contributed by atoms with Crippen LogP contribution in [0.4, 0.5) is 4.39 Å². The maximum Gasteiger partial charge on any atom is 0.129 e. The maximum absolute atomic E-state index is 14.0. The molecule has 1 N–H and O–H groups in total. The van der Waals surface area contributed by atoms with E-state index in [1.807, 2.05) is 31.2 Å². The predicted molar refractivity (Wildman–Crippen MR) is 84.6 cm³/mol. The Morgan fingerprint density at radius 3 is 2.67 bits per heavy atom. The van der Waals surface area contributed by atoms with E-state index < -0.39 is 11.9 Å². The molecule has 1 unspecified atom stereocenters. The van der Waals surface area contributed by atoms with Crippen molar-refractivity contribution in [2.24, 2.45) is 0 Å². The van der Waals surface area contributed by atoms with Crippen molar-refractivity contribution in [1.82, 2.24) is 4.98 Å². The van der Waals surface area contributed by atoms with E-state index in [4.69, 9.17) is 0 Å². The van der Waals surface area contributed by atoms with Gasteiger partial charge in [0.1, 0.15) is 11.9 Å². The molecule has 1 atom stereocenters. The molecular weight excluding hydrogens is 333 g/mol. The van der Waals surface area contributed by atoms with Crippen LogP contribution in [0.2, 0.25) is 0 Å². The summed E-state index contributed by atoms with van der Waals surface area (Å²) in [7, 11) is 0. The Kier molecular flexibility index (Phi) is 3.74. The van der Waals surface area contributed by atoms with Crippen LogP contribution in [0.3, 0.4) is 0 Å². The van der Waals surface area contributed by atoms with Crippen molar-refractivity contribution in [3.8, 4) is 0 Å². The average molecular weight is 346 g/mol. The Bertz CT molecular complexity index is 819. The summed E-state index contributed by atoms with van der Waals surface area (Å²) < 4.78 is 14.7. The molecular formula is C17H13BrFNO. The second-order valence-electron chi connectivity index (χ2n) is 4.94. The predicted octanol–water partition coefficient (Wildman–Crippen LogP) is 4.53. The number of benzene rings is 2. The molecule has 0 fully saturated rings. The molecule has 0 aliphatic carbocycles. The molecule has 2 nitrogen and oxygen atoms in total. The van der Waals surface area contributed by atoms with Crippen molar-refractivity contribution < 1.29 is 9.50 Å². The molecule has 0 radical (unpaired) electrons. The Hall–Kier alpha value is -1.78. The lowest BCUT2D eigenvalue weighted by molar-refractivity contribution is 0.216. The van der Waals surface area contributed by atoms with Crippen LogP contribution in [0.5, 0.6) is 0 Å². The zero-order valence-corrected chi connectivity index (χ0v) is 12.9. The molecule has 0 bridgehead atoms. The molecule has 0 spiro atoms. The molecule has 21 heavy (non-hydrogen) atoms. The van der Waals surface area contributed by atoms with Gasteiger partial charge in [-0.3, -0.25) is 4.98 Å². The maximum atomic E-state index is 14.0. The number of para-hydroxylation sites is 1. The Labute approximate surface area is 130 Å². The monoisotopic (exact) mass is 345 g/mol. The molecule has 3 aromatic rings. The van der Waals surface area contributed by atoms with Crippen molar-refractivity contribution in [3.63, 3.8) is 0 Å². The van der Waals surface area contributed by atoms with E-state index in [-0.39, 0.29) is 5.56 Å². The Balaban J connectivity index is 2.22. The number of aliphatic hydroxyl groups excluding tert-OH is 1. The summed E-state index contributed by atoms with van der Waals surface area (Å²) in [5, 5.41) is 11.5. The normalized spacial score (nSPS) is 12.6. The number of halogens is 2. The van der Waals surface area contributed by atoms with Crippen molar-refractivity contribution in [2.75, 3.05) is 0 Å². The number of aryl methyl sites for hydroxylation is 1. The highest BCUT2D eigenvalue weighted by molar-refractivity contribution is 9.10. The summed E-state index contributed by atoms with van der Waals surface area (Å²) in [6, 6.07) is 13.9. The largest absolute Gasteiger partial charge is 0.384 e. The van der Waals surface area contributed by atoms with Crippen LogP contribution in [0.1, 0.15) is 22.9 Å². The first-order chi connectivity index (χ1) is 10.1. The molecule has 3 rings (SSSR count). The van der Waals surface area contributed by atoms with Crippen LogP contribution in [0.25, 0.3) is 10.9 Å². The summed E-state index contributed by atoms with van der Waals surface area (Å²) in [6.07, 6.45) is -1.03. The highest BCUT2D eigenvalue weighted by atomic mass is 79.9. The minimum atomic E-state index is -1.03. The van der Waals surface area contributed by atoms with Crippen molar-refractivity contribution in [3.05, 3.63) is 75.6 Å². The van der Waals surface area contributed by atoms with Gasteiger partial charge in [0.25, 0.3) is 0 Å². The summed E-state index contributed by atoms with van der Waals surface area (Å²) in [4.78, 5) is 4.44. The minimum absolute atomic E-state index is 0.250. The second-order valence-corrected chi connectivity index (χ2v) is 5.85. The zero-order valence-electron chi connectivity index (χ0n) is 11.3. The number of aromatic nitrogens is 1. The van der Waals surface area contributed by atoms with Gasteiger partial charge in [0, 0.05) is 21.1 Å².